The third kappa shape index (κ3) is 25.2. The number of nitrogens with one attached hydrogen (secondary N) is 4. The first-order chi connectivity index (χ1) is 63.4. The lowest BCUT2D eigenvalue weighted by atomic mass is 9.94. The maximum absolute atomic E-state index is 13.3. The molecule has 0 aromatic heterocycles. The van der Waals surface area contributed by atoms with Gasteiger partial charge in [0, 0.05) is 27.7 Å². The lowest BCUT2D eigenvalue weighted by Gasteiger charge is -2.51. The van der Waals surface area contributed by atoms with Crippen molar-refractivity contribution in [2.75, 3.05) is 79.3 Å². The van der Waals surface area contributed by atoms with Gasteiger partial charge in [-0.3, -0.25) is 19.2 Å². The summed E-state index contributed by atoms with van der Waals surface area (Å²) in [6, 6.07) is -8.00. The van der Waals surface area contributed by atoms with Gasteiger partial charge in [0.1, 0.15) is 268 Å². The largest absolute Gasteiger partial charge is 0.394 e. The van der Waals surface area contributed by atoms with Gasteiger partial charge in [-0.1, -0.05) is 0 Å². The van der Waals surface area contributed by atoms with Crippen molar-refractivity contribution in [2.45, 2.75) is 359 Å². The van der Waals surface area contributed by atoms with E-state index in [1.807, 2.05) is 0 Å². The molecule has 36 N–H and O–H groups in total. The summed E-state index contributed by atoms with van der Waals surface area (Å²) >= 11 is 0. The van der Waals surface area contributed by atoms with Crippen LogP contribution in [-0.2, 0) is 114 Å². The fourth-order valence-electron chi connectivity index (χ4n) is 17.0. The third-order valence-electron chi connectivity index (χ3n) is 24.2. The molecule has 10 fully saturated rings. The number of amides is 4. The first-order valence-corrected chi connectivity index (χ1v) is 42.6. The normalized spacial score (nSPS) is 47.3. The van der Waals surface area contributed by atoms with Crippen molar-refractivity contribution in [1.82, 2.24) is 21.3 Å². The van der Waals surface area contributed by atoms with Crippen LogP contribution in [0.3, 0.4) is 0 Å². The Morgan fingerprint density at radius 2 is 0.455 bits per heavy atom. The van der Waals surface area contributed by atoms with E-state index < -0.39 is 434 Å². The molecule has 0 bridgehead atoms. The summed E-state index contributed by atoms with van der Waals surface area (Å²) in [4.78, 5) is 52.5. The van der Waals surface area contributed by atoms with Gasteiger partial charge in [0.15, 0.2) is 62.9 Å². The fraction of sp³-hybridized carbons (Fsp3) is 0.946. The second-order valence-corrected chi connectivity index (χ2v) is 33.6. The van der Waals surface area contributed by atoms with Crippen molar-refractivity contribution in [1.29, 1.82) is 0 Å². The Labute approximate surface area is 758 Å². The Kier molecular flexibility index (Phi) is 41.4. The number of hydrogen-bond donors (Lipinski definition) is 36. The van der Waals surface area contributed by atoms with E-state index in [0.29, 0.717) is 0 Å². The maximum atomic E-state index is 13.3. The molecule has 54 atom stereocenters. The molecule has 0 aliphatic carbocycles. The zero-order chi connectivity index (χ0) is 98.9. The lowest BCUT2D eigenvalue weighted by molar-refractivity contribution is -0.385. The highest BCUT2D eigenvalue weighted by Crippen LogP contribution is 2.41. The summed E-state index contributed by atoms with van der Waals surface area (Å²) in [7, 11) is 0. The molecule has 10 aliphatic rings. The molecule has 10 heterocycles. The van der Waals surface area contributed by atoms with Gasteiger partial charge < -0.3 is 279 Å². The standard InChI is InChI=1S/C74H126N4O56/c1-17(89)75-33-44(102)58(130-72-54(112)62(41(99)26(10-84)120-72)134-71-53(111)50(108)40(98)25(9-83)119-71)27(11-85)121-65(33)116-16-32-43(101)64(133-68-36(78-20(4)92)47(105)61(30(14-88)124-68)129-70-52(110)49(107)39(97)24(8-82)118-70)56(114)74(126-32)131-59-28(12-86)122-66(34(45(59)103)76-18(2)90)115-15-31-42(100)63(55(113)73(125-31)127-57(22(94)6-80)37(95)21(93)5-79)132-67-35(77-19(3)91)46(104)60(29(13-87)123-67)128-69-51(109)48(106)38(96)23(7-81)117-69/h21-74,79-88,93-114H,5-16H2,1-4H3,(H,75,89)(H,76,90)(H,77,91)(H,78,92)/t21-,22+,23+,24+,25+,26+,27+,28+,29+,30+,31+,32+,33+,34+,35+,36+,37+,38-,39-,40-,41-,42-,43-,44+,45+,46+,47+,48-,49-,50-,51+,52+,53+,54+,55+,56+,57+,58+,59+,60+,61+,62-,63-,64-,65+,66+,67-,68-,69-,70-,71+,72-,73-,74-/m0/s1. The first kappa shape index (κ1) is 112. The van der Waals surface area contributed by atoms with Crippen LogP contribution in [0.2, 0.25) is 0 Å². The molecular formula is C74H126N4O56. The molecule has 10 rings (SSSR count). The number of aliphatic hydroxyl groups excluding tert-OH is 32. The van der Waals surface area contributed by atoms with Gasteiger partial charge in [0.25, 0.3) is 0 Å². The third-order valence-corrected chi connectivity index (χ3v) is 24.2. The van der Waals surface area contributed by atoms with Crippen molar-refractivity contribution >= 4 is 23.6 Å². The van der Waals surface area contributed by atoms with Gasteiger partial charge in [0.2, 0.25) is 23.6 Å². The molecular weight excluding hydrogens is 1840 g/mol. The van der Waals surface area contributed by atoms with E-state index in [1.165, 1.54) is 0 Å². The molecule has 60 heteroatoms. The van der Waals surface area contributed by atoms with Crippen molar-refractivity contribution in [2.24, 2.45) is 0 Å². The predicted octanol–water partition coefficient (Wildman–Crippen LogP) is -24.8. The highest BCUT2D eigenvalue weighted by Gasteiger charge is 2.62. The molecule has 10 saturated heterocycles. The minimum Gasteiger partial charge on any atom is -0.394 e. The lowest BCUT2D eigenvalue weighted by Crippen LogP contribution is -2.70. The predicted molar refractivity (Wildman–Crippen MR) is 411 cm³/mol. The minimum absolute atomic E-state index is 0.880. The quantitative estimate of drug-likeness (QED) is 0.0272. The summed E-state index contributed by atoms with van der Waals surface area (Å²) < 4.78 is 118. The van der Waals surface area contributed by atoms with Gasteiger partial charge in [-0.15, -0.1) is 0 Å². The van der Waals surface area contributed by atoms with Crippen molar-refractivity contribution in [3.63, 3.8) is 0 Å². The Balaban J connectivity index is 0.946. The number of rotatable bonds is 39. The summed E-state index contributed by atoms with van der Waals surface area (Å²) in [5.74, 6) is -4.00. The molecule has 0 saturated carbocycles. The fourth-order valence-corrected chi connectivity index (χ4v) is 17.0. The Morgan fingerprint density at radius 1 is 0.239 bits per heavy atom. The van der Waals surface area contributed by atoms with Crippen LogP contribution < -0.4 is 21.3 Å². The Morgan fingerprint density at radius 3 is 0.731 bits per heavy atom. The second-order valence-electron chi connectivity index (χ2n) is 33.6. The van der Waals surface area contributed by atoms with Crippen LogP contribution in [0.4, 0.5) is 0 Å². The molecule has 134 heavy (non-hydrogen) atoms. The number of carbonyl (C=O) groups is 4. The smallest absolute Gasteiger partial charge is 0.217 e. The van der Waals surface area contributed by atoms with Crippen LogP contribution in [0.25, 0.3) is 0 Å². The van der Waals surface area contributed by atoms with Crippen LogP contribution in [-0.4, -0.2) is 598 Å². The van der Waals surface area contributed by atoms with Gasteiger partial charge in [0.05, 0.1) is 79.3 Å². The van der Waals surface area contributed by atoms with Gasteiger partial charge in [-0.05, 0) is 0 Å². The van der Waals surface area contributed by atoms with Crippen molar-refractivity contribution in [3.05, 3.63) is 0 Å². The molecule has 0 aromatic rings. The summed E-state index contributed by atoms with van der Waals surface area (Å²) in [6.07, 6.45) is -106. The summed E-state index contributed by atoms with van der Waals surface area (Å²) in [5, 5.41) is 363. The van der Waals surface area contributed by atoms with Gasteiger partial charge in [-0.2, -0.15) is 0 Å². The molecule has 0 aromatic carbocycles. The zero-order valence-electron chi connectivity index (χ0n) is 71.8. The van der Waals surface area contributed by atoms with E-state index in [9.17, 15) is 183 Å². The van der Waals surface area contributed by atoms with E-state index in [2.05, 4.69) is 21.3 Å². The number of aliphatic hydroxyl groups is 32. The zero-order valence-corrected chi connectivity index (χ0v) is 71.8. The van der Waals surface area contributed by atoms with E-state index in [-0.39, 0.29) is 0 Å². The van der Waals surface area contributed by atoms with Gasteiger partial charge >= 0.3 is 0 Å². The Bertz CT molecular complexity index is 3590. The van der Waals surface area contributed by atoms with E-state index >= 15 is 0 Å². The average Bonchev–Trinajstić information content (AvgIpc) is 0.769. The monoisotopic (exact) mass is 1970 g/mol. The molecule has 10 aliphatic heterocycles. The maximum Gasteiger partial charge on any atom is 0.217 e. The van der Waals surface area contributed by atoms with Crippen LogP contribution in [0, 0.1) is 0 Å². The molecule has 0 radical (unpaired) electrons. The highest BCUT2D eigenvalue weighted by atomic mass is 16.8. The van der Waals surface area contributed by atoms with Crippen LogP contribution in [0.1, 0.15) is 27.7 Å². The average molecular weight is 1970 g/mol. The van der Waals surface area contributed by atoms with E-state index in [0.717, 1.165) is 27.7 Å². The number of carbonyl (C=O) groups excluding carboxylic acids is 4. The SMILES string of the molecule is CC(=O)N[C@H]1[C@H](O[C@H]2[C@@H](O)[C@@H](CO[C@@H]3O[C@H](CO)[C@@H](O[C@@H]4O[C@H](CO[C@@H]5O[C@H](CO)[C@@H](O[C@@H]6O[C@H](CO)[C@H](O)[C@H](O[C@H]7O[C@H](CO)[C@H](O)[C@H](O)[C@H]7O)[C@H]6O)[C@H](O)[C@H]5NC(C)=O)[C@H](O)[C@H](O[C@@H]5O[C@H](CO)[C@@H](O[C@@H]6O[C@H](CO)[C@H](O)[C@H](O)[C@H]6O)[C@H](O)[C@H]5NC(C)=O)[C@H]4O)[C@H](O)[C@H]3NC(C)=O)O[C@@H](O[C@@H]([C@H](O)[C@@H](O)CO)[C@H](O)CO)[C@@H]2O)O[C@H](CO)[C@@H](O[C@@H]2O[C@H](CO)[C@H](O)[C@H](O)[C@H]2O)[C@@H]1O. The second kappa shape index (κ2) is 49.7. The molecule has 0 unspecified atom stereocenters. The van der Waals surface area contributed by atoms with E-state index in [4.69, 9.17) is 94.7 Å². The molecule has 778 valence electrons. The number of hydrogen-bond acceptors (Lipinski definition) is 56. The Hall–Kier alpha value is -4.20. The van der Waals surface area contributed by atoms with Crippen LogP contribution >= 0.6 is 0 Å². The highest BCUT2D eigenvalue weighted by molar-refractivity contribution is 5.74. The number of ether oxygens (including phenoxy) is 20. The van der Waals surface area contributed by atoms with E-state index in [1.54, 1.807) is 0 Å². The summed E-state index contributed by atoms with van der Waals surface area (Å²) in [6.45, 7) is -10.2. The molecule has 0 spiro atoms. The van der Waals surface area contributed by atoms with Crippen molar-refractivity contribution < 1.29 is 277 Å². The van der Waals surface area contributed by atoms with Crippen LogP contribution in [0.15, 0.2) is 0 Å². The van der Waals surface area contributed by atoms with Gasteiger partial charge in [-0.25, -0.2) is 0 Å². The molecule has 4 amide bonds. The van der Waals surface area contributed by atoms with Crippen molar-refractivity contribution in [3.8, 4) is 0 Å². The topological polar surface area (TPSA) is 948 Å². The summed E-state index contributed by atoms with van der Waals surface area (Å²) in [5.41, 5.74) is 0. The first-order valence-electron chi connectivity index (χ1n) is 42.6. The molecule has 60 nitrogen and oxygen atoms in total. The van der Waals surface area contributed by atoms with Crippen LogP contribution in [0.5, 0.6) is 0 Å². The minimum atomic E-state index is -2.58.